The summed E-state index contributed by atoms with van der Waals surface area (Å²) in [5.41, 5.74) is 0. The molecule has 2 unspecified atom stereocenters. The third-order valence-electron chi connectivity index (χ3n) is 3.70. The van der Waals surface area contributed by atoms with Crippen molar-refractivity contribution in [3.8, 4) is 0 Å². The van der Waals surface area contributed by atoms with Gasteiger partial charge in [0, 0.05) is 12.1 Å². The van der Waals surface area contributed by atoms with E-state index in [4.69, 9.17) is 0 Å². The fourth-order valence-electron chi connectivity index (χ4n) is 3.13. The van der Waals surface area contributed by atoms with Gasteiger partial charge >= 0.3 is 0 Å². The molecule has 84 valence electrons. The number of likely N-dealkylation sites (tertiary alicyclic amines) is 1. The third kappa shape index (κ3) is 2.50. The number of hydrogen-bond acceptors (Lipinski definition) is 1. The Morgan fingerprint density at radius 1 is 1.00 bits per heavy atom. The van der Waals surface area contributed by atoms with Gasteiger partial charge in [0.05, 0.1) is 0 Å². The first kappa shape index (κ1) is 12.0. The van der Waals surface area contributed by atoms with Crippen LogP contribution in [0.15, 0.2) is 0 Å². The zero-order valence-corrected chi connectivity index (χ0v) is 10.4. The molecule has 0 aromatic heterocycles. The molecule has 0 amide bonds. The molecular formula is C13H27N. The molecule has 1 aliphatic heterocycles. The lowest BCUT2D eigenvalue weighted by Gasteiger charge is -2.40. The molecule has 0 radical (unpaired) electrons. The van der Waals surface area contributed by atoms with Gasteiger partial charge in [-0.2, -0.15) is 0 Å². The van der Waals surface area contributed by atoms with Crippen LogP contribution in [0.2, 0.25) is 0 Å². The van der Waals surface area contributed by atoms with Crippen LogP contribution in [-0.4, -0.2) is 23.5 Å². The van der Waals surface area contributed by atoms with Gasteiger partial charge < -0.3 is 0 Å². The van der Waals surface area contributed by atoms with Gasteiger partial charge in [-0.1, -0.05) is 20.3 Å². The summed E-state index contributed by atoms with van der Waals surface area (Å²) in [7, 11) is 0. The van der Waals surface area contributed by atoms with E-state index in [1.165, 1.54) is 38.6 Å². The van der Waals surface area contributed by atoms with Gasteiger partial charge in [-0.15, -0.1) is 0 Å². The van der Waals surface area contributed by atoms with E-state index < -0.39 is 0 Å². The van der Waals surface area contributed by atoms with Crippen molar-refractivity contribution in [1.29, 1.82) is 0 Å². The Balaban J connectivity index is 0.000000461. The second-order valence-electron chi connectivity index (χ2n) is 4.73. The van der Waals surface area contributed by atoms with Crippen LogP contribution in [-0.2, 0) is 0 Å². The van der Waals surface area contributed by atoms with Crippen LogP contribution in [0.4, 0.5) is 0 Å². The van der Waals surface area contributed by atoms with Crippen molar-refractivity contribution >= 4 is 0 Å². The maximum atomic E-state index is 2.74. The van der Waals surface area contributed by atoms with Crippen LogP contribution < -0.4 is 0 Å². The lowest BCUT2D eigenvalue weighted by Crippen LogP contribution is -2.46. The average Bonchev–Trinajstić information content (AvgIpc) is 2.67. The molecule has 0 N–H and O–H groups in total. The molecule has 0 bridgehead atoms. The molecule has 1 heterocycles. The van der Waals surface area contributed by atoms with Crippen molar-refractivity contribution in [3.05, 3.63) is 0 Å². The van der Waals surface area contributed by atoms with E-state index in [2.05, 4.69) is 18.7 Å². The summed E-state index contributed by atoms with van der Waals surface area (Å²) in [4.78, 5) is 2.74. The van der Waals surface area contributed by atoms with Gasteiger partial charge in [0.2, 0.25) is 0 Å². The minimum absolute atomic E-state index is 0.774. The van der Waals surface area contributed by atoms with Crippen molar-refractivity contribution < 1.29 is 0 Å². The lowest BCUT2D eigenvalue weighted by atomic mass is 9.91. The Bertz CT molecular complexity index is 153. The summed E-state index contributed by atoms with van der Waals surface area (Å²) in [5.74, 6) is 1.06. The quantitative estimate of drug-likeness (QED) is 0.620. The number of hydrogen-bond donors (Lipinski definition) is 0. The number of fused-ring (bicyclic) bond motifs is 1. The Hall–Kier alpha value is -0.0400. The molecule has 0 spiro atoms. The largest absolute Gasteiger partial charge is 0.298 e. The molecule has 14 heavy (non-hydrogen) atoms. The zero-order chi connectivity index (χ0) is 10.6. The highest BCUT2D eigenvalue weighted by atomic mass is 15.2. The van der Waals surface area contributed by atoms with E-state index in [1.54, 1.807) is 0 Å². The fraction of sp³-hybridized carbons (Fsp3) is 1.00. The molecule has 2 fully saturated rings. The normalized spacial score (nSPS) is 32.4. The van der Waals surface area contributed by atoms with E-state index in [9.17, 15) is 0 Å². The molecule has 1 heteroatoms. The Labute approximate surface area is 89.9 Å². The molecule has 0 aromatic rings. The van der Waals surface area contributed by atoms with Crippen molar-refractivity contribution in [3.63, 3.8) is 0 Å². The molecule has 0 aromatic carbocycles. The second-order valence-corrected chi connectivity index (χ2v) is 4.73. The molecule has 1 aliphatic carbocycles. The molecular weight excluding hydrogens is 170 g/mol. The van der Waals surface area contributed by atoms with E-state index in [1.807, 2.05) is 13.8 Å². The van der Waals surface area contributed by atoms with Gasteiger partial charge in [0.15, 0.2) is 0 Å². The van der Waals surface area contributed by atoms with Gasteiger partial charge in [-0.25, -0.2) is 0 Å². The maximum Gasteiger partial charge on any atom is 0.0126 e. The number of rotatable bonds is 1. The van der Waals surface area contributed by atoms with Crippen LogP contribution >= 0.6 is 0 Å². The molecule has 2 rings (SSSR count). The fourth-order valence-corrected chi connectivity index (χ4v) is 3.13. The van der Waals surface area contributed by atoms with Gasteiger partial charge in [-0.05, 0) is 52.0 Å². The van der Waals surface area contributed by atoms with Crippen LogP contribution in [0.25, 0.3) is 0 Å². The second kappa shape index (κ2) is 5.75. The molecule has 1 nitrogen and oxygen atoms in total. The monoisotopic (exact) mass is 197 g/mol. The molecule has 1 saturated heterocycles. The highest BCUT2D eigenvalue weighted by Gasteiger charge is 2.35. The van der Waals surface area contributed by atoms with E-state index >= 15 is 0 Å². The zero-order valence-electron chi connectivity index (χ0n) is 10.4. The average molecular weight is 197 g/mol. The molecule has 2 atom stereocenters. The summed E-state index contributed by atoms with van der Waals surface area (Å²) in [6, 6.07) is 1.73. The predicted molar refractivity (Wildman–Crippen MR) is 63.6 cm³/mol. The van der Waals surface area contributed by atoms with Crippen LogP contribution in [0.1, 0.15) is 59.8 Å². The van der Waals surface area contributed by atoms with Crippen LogP contribution in [0.5, 0.6) is 0 Å². The van der Waals surface area contributed by atoms with Crippen molar-refractivity contribution in [2.24, 2.45) is 5.92 Å². The SMILES string of the molecule is CC.CC(C)N1CCCC2CCCC21. The first-order chi connectivity index (χ1) is 6.79. The summed E-state index contributed by atoms with van der Waals surface area (Å²) in [5, 5.41) is 0. The summed E-state index contributed by atoms with van der Waals surface area (Å²) >= 11 is 0. The van der Waals surface area contributed by atoms with Crippen molar-refractivity contribution in [2.75, 3.05) is 6.54 Å². The van der Waals surface area contributed by atoms with Crippen LogP contribution in [0, 0.1) is 5.92 Å². The van der Waals surface area contributed by atoms with E-state index in [0.29, 0.717) is 0 Å². The lowest BCUT2D eigenvalue weighted by molar-refractivity contribution is 0.0822. The highest BCUT2D eigenvalue weighted by Crippen LogP contribution is 2.37. The maximum absolute atomic E-state index is 2.74. The van der Waals surface area contributed by atoms with Crippen LogP contribution in [0.3, 0.4) is 0 Å². The highest BCUT2D eigenvalue weighted by molar-refractivity contribution is 4.90. The number of nitrogens with zero attached hydrogens (tertiary/aromatic N) is 1. The molecule has 2 aliphatic rings. The van der Waals surface area contributed by atoms with Gasteiger partial charge in [0.1, 0.15) is 0 Å². The minimum atomic E-state index is 0.774. The predicted octanol–water partition coefficient (Wildman–Crippen LogP) is 3.69. The Morgan fingerprint density at radius 3 is 2.29 bits per heavy atom. The topological polar surface area (TPSA) is 3.24 Å². The van der Waals surface area contributed by atoms with Crippen molar-refractivity contribution in [2.45, 2.75) is 71.9 Å². The van der Waals surface area contributed by atoms with Gasteiger partial charge in [-0.3, -0.25) is 4.90 Å². The first-order valence-electron chi connectivity index (χ1n) is 6.55. The third-order valence-corrected chi connectivity index (χ3v) is 3.70. The summed E-state index contributed by atoms with van der Waals surface area (Å²) in [6.45, 7) is 10.1. The first-order valence-corrected chi connectivity index (χ1v) is 6.55. The minimum Gasteiger partial charge on any atom is -0.298 e. The van der Waals surface area contributed by atoms with E-state index in [-0.39, 0.29) is 0 Å². The summed E-state index contributed by atoms with van der Waals surface area (Å²) in [6.07, 6.45) is 7.42. The standard InChI is InChI=1S/C11H21N.C2H6/c1-9(2)12-8-4-6-10-5-3-7-11(10)12;1-2/h9-11H,3-8H2,1-2H3;1-2H3. The van der Waals surface area contributed by atoms with Crippen molar-refractivity contribution in [1.82, 2.24) is 4.90 Å². The van der Waals surface area contributed by atoms with Gasteiger partial charge in [0.25, 0.3) is 0 Å². The smallest absolute Gasteiger partial charge is 0.0126 e. The van der Waals surface area contributed by atoms with E-state index in [0.717, 1.165) is 18.0 Å². The Kier molecular flexibility index (Phi) is 4.94. The molecule has 1 saturated carbocycles. The Morgan fingerprint density at radius 2 is 1.64 bits per heavy atom. The number of piperidine rings is 1. The summed E-state index contributed by atoms with van der Waals surface area (Å²) < 4.78 is 0.